The maximum atomic E-state index is 12.7. The van der Waals surface area contributed by atoms with E-state index in [9.17, 15) is 14.0 Å². The lowest BCUT2D eigenvalue weighted by atomic mass is 10.2. The summed E-state index contributed by atoms with van der Waals surface area (Å²) in [5.41, 5.74) is 4.48. The van der Waals surface area contributed by atoms with Crippen molar-refractivity contribution in [2.45, 2.75) is 6.92 Å². The van der Waals surface area contributed by atoms with Gasteiger partial charge in [0.15, 0.2) is 5.57 Å². The highest BCUT2D eigenvalue weighted by Gasteiger charge is 2.09. The first-order valence-corrected chi connectivity index (χ1v) is 5.67. The zero-order valence-corrected chi connectivity index (χ0v) is 10.6. The third-order valence-electron chi connectivity index (χ3n) is 2.12. The Balaban J connectivity index is 2.58. The van der Waals surface area contributed by atoms with Crippen molar-refractivity contribution in [1.29, 1.82) is 5.26 Å². The third kappa shape index (κ3) is 4.42. The number of ether oxygens (including phenoxy) is 1. The smallest absolute Gasteiger partial charge is 0.350 e. The number of benzene rings is 1. The molecule has 2 N–H and O–H groups in total. The van der Waals surface area contributed by atoms with E-state index in [0.717, 1.165) is 18.3 Å². The van der Waals surface area contributed by atoms with E-state index in [0.29, 0.717) is 0 Å². The number of nitrogens with zero attached hydrogens (tertiary/aromatic N) is 1. The number of nitrogens with one attached hydrogen (secondary N) is 2. The normalized spacial score (nSPS) is 10.3. The van der Waals surface area contributed by atoms with Crippen LogP contribution in [0.5, 0.6) is 0 Å². The van der Waals surface area contributed by atoms with Crippen LogP contribution in [-0.2, 0) is 9.53 Å². The molecule has 0 fully saturated rings. The number of nitriles is 1. The number of carbonyl (C=O) groups excluding carboxylic acids is 2. The Morgan fingerprint density at radius 1 is 1.40 bits per heavy atom. The molecule has 0 aliphatic rings. The Morgan fingerprint density at radius 3 is 2.60 bits per heavy atom. The molecule has 104 valence electrons. The zero-order chi connectivity index (χ0) is 15.0. The third-order valence-corrected chi connectivity index (χ3v) is 2.12. The van der Waals surface area contributed by atoms with E-state index in [-0.39, 0.29) is 17.7 Å². The lowest BCUT2D eigenvalue weighted by molar-refractivity contribution is -0.138. The molecule has 0 spiro atoms. The van der Waals surface area contributed by atoms with Crippen molar-refractivity contribution in [1.82, 2.24) is 10.9 Å². The van der Waals surface area contributed by atoms with Gasteiger partial charge in [-0.05, 0) is 31.2 Å². The fraction of sp³-hybridized carbons (Fsp3) is 0.154. The minimum atomic E-state index is -0.793. The summed E-state index contributed by atoms with van der Waals surface area (Å²) >= 11 is 0. The summed E-state index contributed by atoms with van der Waals surface area (Å²) in [7, 11) is 0. The Hall–Kier alpha value is -2.88. The first-order valence-electron chi connectivity index (χ1n) is 5.67. The van der Waals surface area contributed by atoms with E-state index in [1.165, 1.54) is 12.1 Å². The average Bonchev–Trinajstić information content (AvgIpc) is 2.44. The lowest BCUT2D eigenvalue weighted by Gasteiger charge is -2.05. The molecule has 1 aromatic carbocycles. The Kier molecular flexibility index (Phi) is 5.72. The highest BCUT2D eigenvalue weighted by molar-refractivity contribution is 5.94. The minimum absolute atomic E-state index is 0.139. The highest BCUT2D eigenvalue weighted by Crippen LogP contribution is 2.02. The van der Waals surface area contributed by atoms with Crippen LogP contribution in [0.15, 0.2) is 36.0 Å². The standard InChI is InChI=1S/C13H12FN3O3/c1-2-20-13(19)10(7-15)8-16-17-12(18)9-3-5-11(14)6-4-9/h3-6,8,16H,2H2,1H3,(H,17,18)/b10-8+. The van der Waals surface area contributed by atoms with Crippen LogP contribution < -0.4 is 10.9 Å². The summed E-state index contributed by atoms with van der Waals surface area (Å²) in [6.45, 7) is 1.75. The summed E-state index contributed by atoms with van der Waals surface area (Å²) in [4.78, 5) is 22.8. The molecule has 7 heteroatoms. The Morgan fingerprint density at radius 2 is 2.05 bits per heavy atom. The fourth-order valence-electron chi connectivity index (χ4n) is 1.19. The Labute approximate surface area is 114 Å². The molecule has 0 saturated heterocycles. The van der Waals surface area contributed by atoms with Gasteiger partial charge >= 0.3 is 5.97 Å². The SMILES string of the molecule is CCOC(=O)/C(C#N)=C/NNC(=O)c1ccc(F)cc1. The number of rotatable bonds is 5. The molecule has 6 nitrogen and oxygen atoms in total. The monoisotopic (exact) mass is 277 g/mol. The number of hydrogen-bond donors (Lipinski definition) is 2. The van der Waals surface area contributed by atoms with Gasteiger partial charge in [0.05, 0.1) is 6.61 Å². The van der Waals surface area contributed by atoms with Crippen molar-refractivity contribution in [3.63, 3.8) is 0 Å². The first kappa shape index (κ1) is 15.2. The number of halogens is 1. The van der Waals surface area contributed by atoms with Crippen molar-refractivity contribution in [2.24, 2.45) is 0 Å². The van der Waals surface area contributed by atoms with Gasteiger partial charge in [0, 0.05) is 11.8 Å². The number of amides is 1. The lowest BCUT2D eigenvalue weighted by Crippen LogP contribution is -2.34. The van der Waals surface area contributed by atoms with Crippen molar-refractivity contribution in [3.8, 4) is 6.07 Å². The molecule has 1 aromatic rings. The quantitative estimate of drug-likeness (QED) is 0.363. The summed E-state index contributed by atoms with van der Waals surface area (Å²) < 4.78 is 17.3. The second kappa shape index (κ2) is 7.53. The van der Waals surface area contributed by atoms with Gasteiger partial charge in [-0.25, -0.2) is 9.18 Å². The van der Waals surface area contributed by atoms with E-state index < -0.39 is 17.7 Å². The van der Waals surface area contributed by atoms with Crippen LogP contribution in [0.25, 0.3) is 0 Å². The molecule has 0 aromatic heterocycles. The van der Waals surface area contributed by atoms with Crippen LogP contribution in [-0.4, -0.2) is 18.5 Å². The summed E-state index contributed by atoms with van der Waals surface area (Å²) in [5, 5.41) is 8.72. The molecular weight excluding hydrogens is 265 g/mol. The van der Waals surface area contributed by atoms with Crippen molar-refractivity contribution in [2.75, 3.05) is 6.61 Å². The van der Waals surface area contributed by atoms with Gasteiger partial charge < -0.3 is 10.2 Å². The van der Waals surface area contributed by atoms with Gasteiger partial charge in [0.2, 0.25) is 0 Å². The van der Waals surface area contributed by atoms with E-state index in [1.54, 1.807) is 13.0 Å². The first-order chi connectivity index (χ1) is 9.58. The van der Waals surface area contributed by atoms with Gasteiger partial charge in [-0.2, -0.15) is 5.26 Å². The van der Waals surface area contributed by atoms with E-state index in [1.807, 2.05) is 0 Å². The van der Waals surface area contributed by atoms with Gasteiger partial charge in [0.25, 0.3) is 5.91 Å². The number of esters is 1. The topological polar surface area (TPSA) is 91.2 Å². The van der Waals surface area contributed by atoms with Crippen LogP contribution in [0.2, 0.25) is 0 Å². The molecular formula is C13H12FN3O3. The predicted molar refractivity (Wildman–Crippen MR) is 67.3 cm³/mol. The molecule has 0 unspecified atom stereocenters. The van der Waals surface area contributed by atoms with Gasteiger partial charge in [-0.15, -0.1) is 0 Å². The maximum Gasteiger partial charge on any atom is 0.350 e. The van der Waals surface area contributed by atoms with E-state index >= 15 is 0 Å². The van der Waals surface area contributed by atoms with Gasteiger partial charge in [-0.1, -0.05) is 0 Å². The second-order valence-electron chi connectivity index (χ2n) is 3.50. The van der Waals surface area contributed by atoms with Crippen LogP contribution in [0.1, 0.15) is 17.3 Å². The highest BCUT2D eigenvalue weighted by atomic mass is 19.1. The summed E-state index contributed by atoms with van der Waals surface area (Å²) in [6, 6.07) is 6.51. The van der Waals surface area contributed by atoms with Crippen LogP contribution in [0, 0.1) is 17.1 Å². The van der Waals surface area contributed by atoms with Crippen LogP contribution in [0.4, 0.5) is 4.39 Å². The minimum Gasteiger partial charge on any atom is -0.462 e. The molecule has 0 radical (unpaired) electrons. The molecule has 0 saturated carbocycles. The molecule has 0 aliphatic heterocycles. The molecule has 0 bridgehead atoms. The second-order valence-corrected chi connectivity index (χ2v) is 3.50. The van der Waals surface area contributed by atoms with Crippen LogP contribution in [0.3, 0.4) is 0 Å². The van der Waals surface area contributed by atoms with E-state index in [4.69, 9.17) is 5.26 Å². The molecule has 0 heterocycles. The van der Waals surface area contributed by atoms with Gasteiger partial charge in [-0.3, -0.25) is 10.2 Å². The molecule has 0 aliphatic carbocycles. The van der Waals surface area contributed by atoms with Crippen molar-refractivity contribution >= 4 is 11.9 Å². The summed E-state index contributed by atoms with van der Waals surface area (Å²) in [6.07, 6.45) is 1.01. The number of hydrogen-bond acceptors (Lipinski definition) is 5. The molecule has 1 amide bonds. The fourth-order valence-corrected chi connectivity index (χ4v) is 1.19. The number of hydrazine groups is 1. The van der Waals surface area contributed by atoms with Crippen molar-refractivity contribution < 1.29 is 18.7 Å². The summed E-state index contributed by atoms with van der Waals surface area (Å²) in [5.74, 6) is -1.79. The largest absolute Gasteiger partial charge is 0.462 e. The zero-order valence-electron chi connectivity index (χ0n) is 10.6. The Bertz CT molecular complexity index is 561. The predicted octanol–water partition coefficient (Wildman–Crippen LogP) is 1.03. The number of carbonyl (C=O) groups is 2. The van der Waals surface area contributed by atoms with Crippen molar-refractivity contribution in [3.05, 3.63) is 47.4 Å². The molecule has 1 rings (SSSR count). The molecule has 0 atom stereocenters. The van der Waals surface area contributed by atoms with Crippen LogP contribution >= 0.6 is 0 Å². The molecule has 20 heavy (non-hydrogen) atoms. The maximum absolute atomic E-state index is 12.7. The van der Waals surface area contributed by atoms with E-state index in [2.05, 4.69) is 15.6 Å². The average molecular weight is 277 g/mol. The van der Waals surface area contributed by atoms with Gasteiger partial charge in [0.1, 0.15) is 11.9 Å².